The van der Waals surface area contributed by atoms with Crippen molar-refractivity contribution in [2.75, 3.05) is 5.01 Å². The third kappa shape index (κ3) is 5.28. The lowest BCUT2D eigenvalue weighted by atomic mass is 9.66. The van der Waals surface area contributed by atoms with Crippen LogP contribution in [0.5, 0.6) is 0 Å². The summed E-state index contributed by atoms with van der Waals surface area (Å²) in [7, 11) is 0. The van der Waals surface area contributed by atoms with Crippen LogP contribution >= 0.6 is 0 Å². The van der Waals surface area contributed by atoms with Crippen LogP contribution in [-0.2, 0) is 17.6 Å². The van der Waals surface area contributed by atoms with Crippen molar-refractivity contribution >= 4 is 35.3 Å². The third-order valence-corrected chi connectivity index (χ3v) is 8.39. The van der Waals surface area contributed by atoms with Gasteiger partial charge in [0.1, 0.15) is 5.41 Å². The molecule has 0 bridgehead atoms. The monoisotopic (exact) mass is 580 g/mol. The van der Waals surface area contributed by atoms with Crippen molar-refractivity contribution in [3.8, 4) is 0 Å². The zero-order chi connectivity index (χ0) is 30.7. The van der Waals surface area contributed by atoms with Crippen LogP contribution < -0.4 is 5.01 Å². The number of amides is 3. The number of hydrazone groups is 2. The van der Waals surface area contributed by atoms with Crippen molar-refractivity contribution in [2.24, 2.45) is 21.5 Å². The smallest absolute Gasteiger partial charge is 0.271 e. The highest BCUT2D eigenvalue weighted by Crippen LogP contribution is 2.44. The molecule has 0 aromatic heterocycles. The highest BCUT2D eigenvalue weighted by atomic mass is 16.2. The average molecular weight is 581 g/mol. The number of allylic oxidation sites excluding steroid dienone is 2. The standard InChI is InChI=1S/C37H32N4O3/c1-26-19-21-31(22-20-26)40-36(44)37(27(2)39-40,25-29-14-7-4-8-15-29)30(24-28-12-5-3-6-13-28)16-11-23-38-41-34(42)32-17-9-10-18-33(32)35(41)43/h3-23,30H,24-25H2,1-2H3/b16-11+,38-23+/t30-,37-/m0/s1. The molecule has 2 atom stereocenters. The Hall–Kier alpha value is -5.43. The van der Waals surface area contributed by atoms with Crippen LogP contribution in [0.25, 0.3) is 0 Å². The molecule has 3 amide bonds. The van der Waals surface area contributed by atoms with Gasteiger partial charge in [-0.2, -0.15) is 20.2 Å². The zero-order valence-corrected chi connectivity index (χ0v) is 24.6. The van der Waals surface area contributed by atoms with Crippen molar-refractivity contribution in [3.05, 3.63) is 149 Å². The highest BCUT2D eigenvalue weighted by Gasteiger charge is 2.53. The molecule has 44 heavy (non-hydrogen) atoms. The molecule has 0 saturated carbocycles. The van der Waals surface area contributed by atoms with Gasteiger partial charge in [0.15, 0.2) is 0 Å². The number of fused-ring (bicyclic) bond motifs is 1. The Morgan fingerprint density at radius 1 is 0.750 bits per heavy atom. The average Bonchev–Trinajstić information content (AvgIpc) is 3.44. The van der Waals surface area contributed by atoms with Crippen LogP contribution in [0.2, 0.25) is 0 Å². The molecular formula is C37H32N4O3. The summed E-state index contributed by atoms with van der Waals surface area (Å²) in [4.78, 5) is 40.3. The van der Waals surface area contributed by atoms with Gasteiger partial charge in [0.05, 0.1) is 22.5 Å². The van der Waals surface area contributed by atoms with Crippen LogP contribution in [0.1, 0.15) is 44.3 Å². The summed E-state index contributed by atoms with van der Waals surface area (Å²) in [5.41, 5.74) is 4.29. The van der Waals surface area contributed by atoms with Gasteiger partial charge in [-0.3, -0.25) is 14.4 Å². The van der Waals surface area contributed by atoms with Crippen LogP contribution in [0.3, 0.4) is 0 Å². The largest absolute Gasteiger partial charge is 0.282 e. The van der Waals surface area contributed by atoms with Gasteiger partial charge >= 0.3 is 0 Å². The van der Waals surface area contributed by atoms with Crippen LogP contribution in [0.4, 0.5) is 5.69 Å². The Morgan fingerprint density at radius 2 is 1.32 bits per heavy atom. The second kappa shape index (κ2) is 12.1. The van der Waals surface area contributed by atoms with E-state index in [0.717, 1.165) is 27.4 Å². The Bertz CT molecular complexity index is 1760. The fraction of sp³-hybridized carbons (Fsp3) is 0.162. The van der Waals surface area contributed by atoms with Gasteiger partial charge in [-0.1, -0.05) is 96.6 Å². The summed E-state index contributed by atoms with van der Waals surface area (Å²) in [6.07, 6.45) is 6.12. The number of imide groups is 1. The summed E-state index contributed by atoms with van der Waals surface area (Å²) >= 11 is 0. The van der Waals surface area contributed by atoms with E-state index in [4.69, 9.17) is 5.10 Å². The molecule has 2 aliphatic rings. The Labute approximate surface area is 256 Å². The van der Waals surface area contributed by atoms with E-state index < -0.39 is 17.2 Å². The van der Waals surface area contributed by atoms with E-state index in [0.29, 0.717) is 29.7 Å². The topological polar surface area (TPSA) is 82.4 Å². The summed E-state index contributed by atoms with van der Waals surface area (Å²) in [6, 6.07) is 34.5. The second-order valence-corrected chi connectivity index (χ2v) is 11.2. The maximum absolute atomic E-state index is 14.7. The van der Waals surface area contributed by atoms with Crippen molar-refractivity contribution in [1.82, 2.24) is 5.01 Å². The Kier molecular flexibility index (Phi) is 7.85. The normalized spacial score (nSPS) is 18.9. The minimum Gasteiger partial charge on any atom is -0.271 e. The summed E-state index contributed by atoms with van der Waals surface area (Å²) in [5.74, 6) is -1.35. The quantitative estimate of drug-likeness (QED) is 0.164. The minimum absolute atomic E-state index is 0.106. The molecule has 0 aliphatic carbocycles. The molecular weight excluding hydrogens is 548 g/mol. The van der Waals surface area contributed by atoms with E-state index in [9.17, 15) is 14.4 Å². The first-order chi connectivity index (χ1) is 21.4. The minimum atomic E-state index is -0.998. The van der Waals surface area contributed by atoms with Crippen LogP contribution in [0, 0.1) is 18.3 Å². The van der Waals surface area contributed by atoms with E-state index in [1.165, 1.54) is 11.2 Å². The van der Waals surface area contributed by atoms with Crippen LogP contribution in [0.15, 0.2) is 132 Å². The third-order valence-electron chi connectivity index (χ3n) is 8.39. The molecule has 2 aliphatic heterocycles. The number of anilines is 1. The molecule has 4 aromatic carbocycles. The fourth-order valence-corrected chi connectivity index (χ4v) is 6.01. The van der Waals surface area contributed by atoms with Crippen LogP contribution in [-0.4, -0.2) is 34.7 Å². The number of nitrogens with zero attached hydrogens (tertiary/aromatic N) is 4. The van der Waals surface area contributed by atoms with Gasteiger partial charge in [-0.25, -0.2) is 0 Å². The van der Waals surface area contributed by atoms with Gasteiger partial charge in [-0.15, -0.1) is 0 Å². The fourth-order valence-electron chi connectivity index (χ4n) is 6.01. The number of hydrogen-bond acceptors (Lipinski definition) is 5. The lowest BCUT2D eigenvalue weighted by molar-refractivity contribution is -0.125. The number of benzene rings is 4. The maximum Gasteiger partial charge on any atom is 0.282 e. The predicted octanol–water partition coefficient (Wildman–Crippen LogP) is 6.64. The molecule has 6 rings (SSSR count). The molecule has 0 saturated heterocycles. The van der Waals surface area contributed by atoms with Gasteiger partial charge < -0.3 is 0 Å². The molecule has 0 N–H and O–H groups in total. The number of rotatable bonds is 9. The maximum atomic E-state index is 14.7. The SMILES string of the molecule is CC1=NN(c2ccc(C)cc2)C(=O)[C@]1(Cc1ccccc1)[C@@H](/C=C/C=N/N1C(=O)c2ccccc2C1=O)Cc1ccccc1. The first-order valence-corrected chi connectivity index (χ1v) is 14.6. The lowest BCUT2D eigenvalue weighted by Gasteiger charge is -2.35. The lowest BCUT2D eigenvalue weighted by Crippen LogP contribution is -2.47. The molecule has 7 nitrogen and oxygen atoms in total. The molecule has 218 valence electrons. The van der Waals surface area contributed by atoms with E-state index >= 15 is 0 Å². The first kappa shape index (κ1) is 28.7. The number of hydrogen-bond donors (Lipinski definition) is 0. The van der Waals surface area contributed by atoms with E-state index in [-0.39, 0.29) is 11.8 Å². The Morgan fingerprint density at radius 3 is 1.93 bits per heavy atom. The van der Waals surface area contributed by atoms with Crippen molar-refractivity contribution in [3.63, 3.8) is 0 Å². The molecule has 7 heteroatoms. The summed E-state index contributed by atoms with van der Waals surface area (Å²) < 4.78 is 0. The first-order valence-electron chi connectivity index (χ1n) is 14.6. The zero-order valence-electron chi connectivity index (χ0n) is 24.6. The van der Waals surface area contributed by atoms with E-state index in [1.807, 2.05) is 105 Å². The van der Waals surface area contributed by atoms with Crippen molar-refractivity contribution in [2.45, 2.75) is 26.7 Å². The number of carbonyl (C=O) groups excluding carboxylic acids is 3. The summed E-state index contributed by atoms with van der Waals surface area (Å²) in [6.45, 7) is 3.93. The van der Waals surface area contributed by atoms with E-state index in [1.54, 1.807) is 30.3 Å². The van der Waals surface area contributed by atoms with Gasteiger partial charge in [0.25, 0.3) is 17.7 Å². The van der Waals surface area contributed by atoms with Gasteiger partial charge in [-0.05, 0) is 68.2 Å². The molecule has 4 aromatic rings. The Balaban J connectivity index is 1.39. The summed E-state index contributed by atoms with van der Waals surface area (Å²) in [5, 5.41) is 11.5. The predicted molar refractivity (Wildman–Crippen MR) is 173 cm³/mol. The van der Waals surface area contributed by atoms with Crippen molar-refractivity contribution < 1.29 is 14.4 Å². The molecule has 0 spiro atoms. The highest BCUT2D eigenvalue weighted by molar-refractivity contribution is 6.21. The molecule has 2 heterocycles. The molecule has 0 fully saturated rings. The molecule has 0 radical (unpaired) electrons. The second-order valence-electron chi connectivity index (χ2n) is 11.2. The van der Waals surface area contributed by atoms with Gasteiger partial charge in [0.2, 0.25) is 0 Å². The van der Waals surface area contributed by atoms with E-state index in [2.05, 4.69) is 5.10 Å². The number of carbonyl (C=O) groups is 3. The number of aryl methyl sites for hydroxylation is 1. The van der Waals surface area contributed by atoms with Gasteiger partial charge in [0, 0.05) is 12.1 Å². The van der Waals surface area contributed by atoms with Crippen molar-refractivity contribution in [1.29, 1.82) is 0 Å². The molecule has 0 unspecified atom stereocenters.